The first kappa shape index (κ1) is 23.0. The van der Waals surface area contributed by atoms with E-state index in [9.17, 15) is 13.2 Å². The zero-order valence-electron chi connectivity index (χ0n) is 19.0. The normalized spacial score (nSPS) is 14.3. The molecule has 180 valence electrons. The third-order valence-corrected chi connectivity index (χ3v) is 5.88. The van der Waals surface area contributed by atoms with Gasteiger partial charge in [-0.25, -0.2) is 9.97 Å². The van der Waals surface area contributed by atoms with E-state index in [1.807, 2.05) is 30.0 Å². The number of hydrogen-bond acceptors (Lipinski definition) is 7. The molecule has 0 unspecified atom stereocenters. The van der Waals surface area contributed by atoms with Crippen LogP contribution in [0.25, 0.3) is 10.9 Å². The second kappa shape index (κ2) is 9.46. The number of nitrogens with zero attached hydrogens (tertiary/aromatic N) is 5. The lowest BCUT2D eigenvalue weighted by atomic mass is 10.0. The van der Waals surface area contributed by atoms with Crippen LogP contribution in [0.1, 0.15) is 22.5 Å². The molecule has 0 spiro atoms. The number of fused-ring (bicyclic) bond motifs is 1. The number of aryl methyl sites for hydroxylation is 1. The topological polar surface area (TPSA) is 76.1 Å². The molecule has 1 aliphatic rings. The molecule has 0 saturated carbocycles. The number of ether oxygens (including phenoxy) is 1. The Morgan fingerprint density at radius 1 is 1.09 bits per heavy atom. The minimum Gasteiger partial charge on any atom is -0.378 e. The molecule has 7 nitrogen and oxygen atoms in total. The molecule has 4 aromatic rings. The van der Waals surface area contributed by atoms with Crippen molar-refractivity contribution in [1.82, 2.24) is 20.2 Å². The molecule has 5 rings (SSSR count). The Morgan fingerprint density at radius 2 is 1.91 bits per heavy atom. The first-order chi connectivity index (χ1) is 16.9. The molecule has 0 radical (unpaired) electrons. The van der Waals surface area contributed by atoms with Gasteiger partial charge in [0.1, 0.15) is 11.6 Å². The van der Waals surface area contributed by atoms with Crippen molar-refractivity contribution in [2.24, 2.45) is 0 Å². The predicted molar refractivity (Wildman–Crippen MR) is 127 cm³/mol. The summed E-state index contributed by atoms with van der Waals surface area (Å²) in [5, 5.41) is 12.4. The average Bonchev–Trinajstić information content (AvgIpc) is 2.85. The third kappa shape index (κ3) is 5.17. The van der Waals surface area contributed by atoms with Crippen LogP contribution in [0.4, 0.5) is 30.4 Å². The first-order valence-corrected chi connectivity index (χ1v) is 11.2. The first-order valence-electron chi connectivity index (χ1n) is 11.2. The van der Waals surface area contributed by atoms with Crippen molar-refractivity contribution in [3.8, 4) is 0 Å². The highest BCUT2D eigenvalue weighted by Gasteiger charge is 2.32. The van der Waals surface area contributed by atoms with E-state index in [1.165, 1.54) is 6.07 Å². The molecule has 1 fully saturated rings. The van der Waals surface area contributed by atoms with Crippen LogP contribution >= 0.6 is 0 Å². The van der Waals surface area contributed by atoms with E-state index in [-0.39, 0.29) is 6.42 Å². The Balaban J connectivity index is 1.43. The number of rotatable bonds is 5. The van der Waals surface area contributed by atoms with Gasteiger partial charge in [0, 0.05) is 36.8 Å². The van der Waals surface area contributed by atoms with Gasteiger partial charge in [0.15, 0.2) is 0 Å². The van der Waals surface area contributed by atoms with Gasteiger partial charge >= 0.3 is 6.18 Å². The van der Waals surface area contributed by atoms with Gasteiger partial charge in [-0.3, -0.25) is 0 Å². The summed E-state index contributed by atoms with van der Waals surface area (Å²) in [6.45, 7) is 4.03. The number of alkyl halides is 3. The van der Waals surface area contributed by atoms with Crippen molar-refractivity contribution in [2.45, 2.75) is 19.5 Å². The number of anilines is 3. The molecule has 3 heterocycles. The summed E-state index contributed by atoms with van der Waals surface area (Å²) >= 11 is 0. The van der Waals surface area contributed by atoms with E-state index in [2.05, 4.69) is 25.5 Å². The van der Waals surface area contributed by atoms with E-state index < -0.39 is 11.7 Å². The van der Waals surface area contributed by atoms with Crippen LogP contribution in [0.2, 0.25) is 0 Å². The Hall–Kier alpha value is -3.79. The second-order valence-electron chi connectivity index (χ2n) is 8.37. The highest BCUT2D eigenvalue weighted by molar-refractivity contribution is 5.93. The number of nitrogens with one attached hydrogen (secondary N) is 1. The Kier molecular flexibility index (Phi) is 6.21. The fourth-order valence-electron chi connectivity index (χ4n) is 4.14. The van der Waals surface area contributed by atoms with Gasteiger partial charge in [-0.2, -0.15) is 23.4 Å². The van der Waals surface area contributed by atoms with Crippen LogP contribution in [-0.4, -0.2) is 46.5 Å². The maximum absolute atomic E-state index is 13.6. The monoisotopic (exact) mass is 480 g/mol. The fourth-order valence-corrected chi connectivity index (χ4v) is 4.14. The summed E-state index contributed by atoms with van der Waals surface area (Å²) in [4.78, 5) is 10.7. The standard InChI is InChI=1S/C25H23F3N6O/c1-16-3-2-4-20-21(15-30-33-24(16)20)31-22-5-6-29-23(32-22)13-17-11-18(25(26,27)28)14-19(12-17)34-7-9-35-10-8-34/h2-6,11-12,14-15H,7-10,13H2,1H3,(H,29,31,32,33). The lowest BCUT2D eigenvalue weighted by Gasteiger charge is -2.29. The average molecular weight is 480 g/mol. The van der Waals surface area contributed by atoms with Crippen molar-refractivity contribution in [2.75, 3.05) is 36.5 Å². The minimum atomic E-state index is -4.45. The molecule has 1 N–H and O–H groups in total. The molecule has 1 aliphatic heterocycles. The summed E-state index contributed by atoms with van der Waals surface area (Å²) in [5.74, 6) is 0.927. The van der Waals surface area contributed by atoms with Crippen LogP contribution in [0.3, 0.4) is 0 Å². The molecule has 1 saturated heterocycles. The van der Waals surface area contributed by atoms with Crippen LogP contribution in [-0.2, 0) is 17.3 Å². The number of hydrogen-bond donors (Lipinski definition) is 1. The van der Waals surface area contributed by atoms with Gasteiger partial charge in [0.05, 0.1) is 36.2 Å². The van der Waals surface area contributed by atoms with E-state index in [1.54, 1.807) is 24.5 Å². The van der Waals surface area contributed by atoms with E-state index in [0.29, 0.717) is 49.2 Å². The van der Waals surface area contributed by atoms with E-state index in [4.69, 9.17) is 4.74 Å². The van der Waals surface area contributed by atoms with Crippen molar-refractivity contribution >= 4 is 28.1 Å². The molecule has 10 heteroatoms. The van der Waals surface area contributed by atoms with Crippen LogP contribution in [0.15, 0.2) is 54.9 Å². The minimum absolute atomic E-state index is 0.158. The van der Waals surface area contributed by atoms with Gasteiger partial charge < -0.3 is 15.0 Å². The number of halogens is 3. The lowest BCUT2D eigenvalue weighted by molar-refractivity contribution is -0.137. The summed E-state index contributed by atoms with van der Waals surface area (Å²) in [5.41, 5.74) is 2.85. The highest BCUT2D eigenvalue weighted by Crippen LogP contribution is 2.34. The van der Waals surface area contributed by atoms with Crippen molar-refractivity contribution < 1.29 is 17.9 Å². The van der Waals surface area contributed by atoms with Crippen LogP contribution in [0.5, 0.6) is 0 Å². The Labute approximate surface area is 200 Å². The van der Waals surface area contributed by atoms with Crippen LogP contribution in [0, 0.1) is 6.92 Å². The highest BCUT2D eigenvalue weighted by atomic mass is 19.4. The number of morpholine rings is 1. The molecule has 0 aliphatic carbocycles. The SMILES string of the molecule is Cc1cccc2c(Nc3ccnc(Cc4cc(N5CCOCC5)cc(C(F)(F)F)c4)n3)cnnc12. The van der Waals surface area contributed by atoms with E-state index in [0.717, 1.165) is 28.2 Å². The maximum atomic E-state index is 13.6. The zero-order chi connectivity index (χ0) is 24.4. The van der Waals surface area contributed by atoms with Gasteiger partial charge in [0.25, 0.3) is 0 Å². The predicted octanol–water partition coefficient (Wildman–Crippen LogP) is 4.92. The van der Waals surface area contributed by atoms with Crippen LogP contribution < -0.4 is 10.2 Å². The summed E-state index contributed by atoms with van der Waals surface area (Å²) < 4.78 is 46.2. The van der Waals surface area contributed by atoms with Gasteiger partial charge in [-0.1, -0.05) is 18.2 Å². The number of aromatic nitrogens is 4. The van der Waals surface area contributed by atoms with Crippen molar-refractivity contribution in [3.63, 3.8) is 0 Å². The van der Waals surface area contributed by atoms with Crippen molar-refractivity contribution in [3.05, 3.63) is 77.4 Å². The quantitative estimate of drug-likeness (QED) is 0.435. The molecular weight excluding hydrogens is 457 g/mol. The molecule has 0 atom stereocenters. The maximum Gasteiger partial charge on any atom is 0.416 e. The van der Waals surface area contributed by atoms with Gasteiger partial charge in [-0.05, 0) is 42.3 Å². The molecule has 2 aromatic carbocycles. The number of benzene rings is 2. The largest absolute Gasteiger partial charge is 0.416 e. The second-order valence-corrected chi connectivity index (χ2v) is 8.37. The van der Waals surface area contributed by atoms with Gasteiger partial charge in [-0.15, -0.1) is 0 Å². The summed E-state index contributed by atoms with van der Waals surface area (Å²) in [7, 11) is 0. The fraction of sp³-hybridized carbons (Fsp3) is 0.280. The smallest absolute Gasteiger partial charge is 0.378 e. The summed E-state index contributed by atoms with van der Waals surface area (Å²) in [6, 6.07) is 11.7. The van der Waals surface area contributed by atoms with Gasteiger partial charge in [0.2, 0.25) is 0 Å². The zero-order valence-corrected chi connectivity index (χ0v) is 19.0. The molecular formula is C25H23F3N6O. The summed E-state index contributed by atoms with van der Waals surface area (Å²) in [6.07, 6.45) is -1.09. The Bertz CT molecular complexity index is 1350. The molecule has 35 heavy (non-hydrogen) atoms. The molecule has 0 amide bonds. The Morgan fingerprint density at radius 3 is 2.71 bits per heavy atom. The van der Waals surface area contributed by atoms with Crippen molar-refractivity contribution in [1.29, 1.82) is 0 Å². The molecule has 2 aromatic heterocycles. The lowest BCUT2D eigenvalue weighted by Crippen LogP contribution is -2.36. The third-order valence-electron chi connectivity index (χ3n) is 5.88. The molecule has 0 bridgehead atoms. The van der Waals surface area contributed by atoms with E-state index >= 15 is 0 Å².